The normalized spacial score (nSPS) is 11.4. The Kier molecular flexibility index (Phi) is 9.38. The minimum atomic E-state index is -1.09. The summed E-state index contributed by atoms with van der Waals surface area (Å²) in [4.78, 5) is 12.2. The molecule has 1 N–H and O–H groups in total. The second-order valence-electron chi connectivity index (χ2n) is 7.89. The molecule has 0 aliphatic carbocycles. The molecule has 1 aromatic heterocycles. The summed E-state index contributed by atoms with van der Waals surface area (Å²) in [6.45, 7) is 2.74. The van der Waals surface area contributed by atoms with Gasteiger partial charge in [-0.2, -0.15) is 0 Å². The van der Waals surface area contributed by atoms with E-state index in [1.54, 1.807) is 36.4 Å². The van der Waals surface area contributed by atoms with Crippen molar-refractivity contribution in [3.63, 3.8) is 0 Å². The van der Waals surface area contributed by atoms with Gasteiger partial charge in [0.2, 0.25) is 0 Å². The highest BCUT2D eigenvalue weighted by Gasteiger charge is 2.19. The van der Waals surface area contributed by atoms with E-state index in [0.29, 0.717) is 49.1 Å². The number of carboxylic acid groups (broad SMARTS) is 1. The first kappa shape index (κ1) is 28.0. The van der Waals surface area contributed by atoms with Crippen LogP contribution in [-0.2, 0) is 17.9 Å². The van der Waals surface area contributed by atoms with Crippen molar-refractivity contribution in [3.8, 4) is 22.9 Å². The Morgan fingerprint density at radius 1 is 1.13 bits per heavy atom. The van der Waals surface area contributed by atoms with Crippen molar-refractivity contribution in [2.75, 3.05) is 7.11 Å². The van der Waals surface area contributed by atoms with E-state index in [9.17, 15) is 9.90 Å². The zero-order chi connectivity index (χ0) is 27.2. The number of benzene rings is 3. The molecule has 0 fully saturated rings. The van der Waals surface area contributed by atoms with Gasteiger partial charge in [-0.1, -0.05) is 41.4 Å². The van der Waals surface area contributed by atoms with Gasteiger partial charge in [0.1, 0.15) is 11.5 Å². The lowest BCUT2D eigenvalue weighted by Gasteiger charge is -2.14. The van der Waals surface area contributed by atoms with Crippen LogP contribution in [0, 0.1) is 0 Å². The number of aromatic nitrogens is 3. The molecule has 0 saturated carbocycles. The van der Waals surface area contributed by atoms with Crippen LogP contribution in [0.5, 0.6) is 11.5 Å². The molecule has 4 rings (SSSR count). The van der Waals surface area contributed by atoms with Gasteiger partial charge in [-0.25, -0.2) is 4.79 Å². The van der Waals surface area contributed by atoms with E-state index in [2.05, 4.69) is 26.1 Å². The largest absolute Gasteiger partial charge is 0.493 e. The Balaban J connectivity index is 1.62. The van der Waals surface area contributed by atoms with Crippen molar-refractivity contribution in [3.05, 3.63) is 91.2 Å². The van der Waals surface area contributed by atoms with Gasteiger partial charge in [-0.05, 0) is 88.7 Å². The molecule has 0 aliphatic rings. The summed E-state index contributed by atoms with van der Waals surface area (Å²) in [6.07, 6.45) is 1.55. The van der Waals surface area contributed by atoms with Crippen LogP contribution in [0.25, 0.3) is 17.5 Å². The van der Waals surface area contributed by atoms with Crippen molar-refractivity contribution in [2.45, 2.75) is 25.2 Å². The molecular formula is C27H22BrCl2N3O4S. The number of carbonyl (C=O) groups is 1. The minimum absolute atomic E-state index is 0.0634. The Bertz CT molecular complexity index is 1490. The van der Waals surface area contributed by atoms with Gasteiger partial charge >= 0.3 is 5.97 Å². The third kappa shape index (κ3) is 6.53. The molecule has 0 unspecified atom stereocenters. The number of halogens is 3. The van der Waals surface area contributed by atoms with E-state index in [4.69, 9.17) is 32.7 Å². The second kappa shape index (κ2) is 12.7. The Hall–Kier alpha value is -2.98. The second-order valence-corrected chi connectivity index (χ2v) is 10.6. The number of thioether (sulfide) groups is 1. The zero-order valence-electron chi connectivity index (χ0n) is 20.3. The molecule has 0 atom stereocenters. The number of hydrogen-bond donors (Lipinski definition) is 1. The van der Waals surface area contributed by atoms with E-state index in [1.165, 1.54) is 7.11 Å². The number of methoxy groups -OCH3 is 1. The van der Waals surface area contributed by atoms with E-state index >= 15 is 0 Å². The molecule has 0 bridgehead atoms. The van der Waals surface area contributed by atoms with E-state index in [0.717, 1.165) is 22.9 Å². The van der Waals surface area contributed by atoms with Gasteiger partial charge < -0.3 is 19.1 Å². The van der Waals surface area contributed by atoms with Gasteiger partial charge in [0.25, 0.3) is 0 Å². The average Bonchev–Trinajstić information content (AvgIpc) is 3.31. The summed E-state index contributed by atoms with van der Waals surface area (Å²) < 4.78 is 14.0. The van der Waals surface area contributed by atoms with Crippen molar-refractivity contribution in [1.82, 2.24) is 14.8 Å². The third-order valence-corrected chi connectivity index (χ3v) is 7.63. The molecule has 0 aliphatic heterocycles. The molecular weight excluding hydrogens is 613 g/mol. The van der Waals surface area contributed by atoms with Gasteiger partial charge in [-0.3, -0.25) is 0 Å². The zero-order valence-corrected chi connectivity index (χ0v) is 24.2. The molecule has 0 saturated heterocycles. The molecule has 4 aromatic rings. The number of carboxylic acids is 1. The summed E-state index contributed by atoms with van der Waals surface area (Å²) >= 11 is 16.8. The van der Waals surface area contributed by atoms with Crippen LogP contribution in [0.4, 0.5) is 0 Å². The number of hydrogen-bond acceptors (Lipinski definition) is 6. The summed E-state index contributed by atoms with van der Waals surface area (Å²) in [5.41, 5.74) is 2.26. The lowest BCUT2D eigenvalue weighted by atomic mass is 10.2. The number of aliphatic carboxylic acids is 1. The van der Waals surface area contributed by atoms with Crippen LogP contribution in [0.2, 0.25) is 10.0 Å². The lowest BCUT2D eigenvalue weighted by Crippen LogP contribution is -2.03. The number of rotatable bonds is 10. The summed E-state index contributed by atoms with van der Waals surface area (Å²) in [5.74, 6) is 0.449. The quantitative estimate of drug-likeness (QED) is 0.140. The summed E-state index contributed by atoms with van der Waals surface area (Å²) in [7, 11) is 1.52. The van der Waals surface area contributed by atoms with Crippen LogP contribution in [0.15, 0.2) is 75.2 Å². The Morgan fingerprint density at radius 3 is 2.53 bits per heavy atom. The lowest BCUT2D eigenvalue weighted by molar-refractivity contribution is -0.131. The summed E-state index contributed by atoms with van der Waals surface area (Å²) in [6, 6.07) is 18.1. The predicted octanol–water partition coefficient (Wildman–Crippen LogP) is 7.84. The molecule has 38 heavy (non-hydrogen) atoms. The first-order valence-electron chi connectivity index (χ1n) is 11.4. The van der Waals surface area contributed by atoms with Gasteiger partial charge in [0.05, 0.1) is 11.6 Å². The monoisotopic (exact) mass is 633 g/mol. The first-order valence-corrected chi connectivity index (χ1v) is 13.7. The maximum Gasteiger partial charge on any atom is 0.342 e. The van der Waals surface area contributed by atoms with E-state index in [-0.39, 0.29) is 11.5 Å². The van der Waals surface area contributed by atoms with Gasteiger partial charge in [-0.15, -0.1) is 10.2 Å². The molecule has 0 radical (unpaired) electrons. The molecule has 11 heteroatoms. The summed E-state index contributed by atoms with van der Waals surface area (Å²) in [5, 5.41) is 20.2. The maximum atomic E-state index is 12.2. The Labute approximate surface area is 242 Å². The number of ether oxygens (including phenoxy) is 2. The first-order chi connectivity index (χ1) is 18.3. The maximum absolute atomic E-state index is 12.2. The molecule has 7 nitrogen and oxygen atoms in total. The SMILES string of the molecule is CCn1c(S/C(=C\c2cc(Br)c(OCc3ccccc3Cl)c(OC)c2)C(=O)O)nnc1-c1ccc(Cl)cc1. The average molecular weight is 635 g/mol. The van der Waals surface area contributed by atoms with Crippen LogP contribution >= 0.6 is 50.9 Å². The van der Waals surface area contributed by atoms with Crippen molar-refractivity contribution >= 4 is 62.9 Å². The van der Waals surface area contributed by atoms with Gasteiger partial charge in [0, 0.05) is 27.7 Å². The molecule has 0 spiro atoms. The molecule has 3 aromatic carbocycles. The molecule has 1 heterocycles. The van der Waals surface area contributed by atoms with Crippen LogP contribution in [-0.4, -0.2) is 33.0 Å². The van der Waals surface area contributed by atoms with Crippen LogP contribution in [0.3, 0.4) is 0 Å². The molecule has 196 valence electrons. The van der Waals surface area contributed by atoms with Crippen molar-refractivity contribution in [1.29, 1.82) is 0 Å². The van der Waals surface area contributed by atoms with E-state index < -0.39 is 5.97 Å². The van der Waals surface area contributed by atoms with Crippen molar-refractivity contribution < 1.29 is 19.4 Å². The van der Waals surface area contributed by atoms with Gasteiger partial charge in [0.15, 0.2) is 22.5 Å². The topological polar surface area (TPSA) is 86.5 Å². The highest BCUT2D eigenvalue weighted by atomic mass is 79.9. The fourth-order valence-corrected chi connectivity index (χ4v) is 5.35. The highest BCUT2D eigenvalue weighted by Crippen LogP contribution is 2.39. The molecule has 0 amide bonds. The standard InChI is InChI=1S/C27H22BrCl2N3O4S/c1-3-33-25(17-8-10-19(29)11-9-17)31-32-27(33)38-23(26(34)35)14-16-12-20(28)24(22(13-16)36-2)37-15-18-6-4-5-7-21(18)30/h4-14H,3,15H2,1-2H3,(H,34,35)/b23-14-. The van der Waals surface area contributed by atoms with Crippen LogP contribution in [0.1, 0.15) is 18.1 Å². The van der Waals surface area contributed by atoms with E-state index in [1.807, 2.05) is 41.8 Å². The predicted molar refractivity (Wildman–Crippen MR) is 154 cm³/mol. The third-order valence-electron chi connectivity index (χ3n) is 5.43. The van der Waals surface area contributed by atoms with Crippen LogP contribution < -0.4 is 9.47 Å². The van der Waals surface area contributed by atoms with Crippen molar-refractivity contribution in [2.24, 2.45) is 0 Å². The minimum Gasteiger partial charge on any atom is -0.493 e. The smallest absolute Gasteiger partial charge is 0.342 e. The fourth-order valence-electron chi connectivity index (χ4n) is 3.57. The highest BCUT2D eigenvalue weighted by molar-refractivity contribution is 9.10. The fraction of sp³-hybridized carbons (Fsp3) is 0.148. The number of nitrogens with zero attached hydrogens (tertiary/aromatic N) is 3. The Morgan fingerprint density at radius 2 is 1.87 bits per heavy atom.